The Morgan fingerprint density at radius 3 is 2.64 bits per heavy atom. The van der Waals surface area contributed by atoms with E-state index in [1.807, 2.05) is 45.0 Å². The van der Waals surface area contributed by atoms with E-state index in [0.29, 0.717) is 13.0 Å². The highest BCUT2D eigenvalue weighted by Crippen LogP contribution is 2.31. The van der Waals surface area contributed by atoms with Gasteiger partial charge in [0.2, 0.25) is 0 Å². The minimum atomic E-state index is -2.88. The van der Waals surface area contributed by atoms with Gasteiger partial charge in [0.1, 0.15) is 5.60 Å². The summed E-state index contributed by atoms with van der Waals surface area (Å²) < 4.78 is 31.3. The zero-order valence-electron chi connectivity index (χ0n) is 12.9. The third kappa shape index (κ3) is 4.45. The van der Waals surface area contributed by atoms with Crippen molar-refractivity contribution < 1.29 is 22.1 Å². The Morgan fingerprint density at radius 1 is 1.32 bits per heavy atom. The van der Waals surface area contributed by atoms with E-state index in [1.165, 1.54) is 0 Å². The van der Waals surface area contributed by atoms with E-state index >= 15 is 0 Å². The van der Waals surface area contributed by atoms with Crippen LogP contribution in [0, 0.1) is 5.92 Å². The van der Waals surface area contributed by atoms with Gasteiger partial charge in [-0.1, -0.05) is 18.2 Å². The van der Waals surface area contributed by atoms with Gasteiger partial charge in [-0.15, -0.1) is 0 Å². The second-order valence-electron chi connectivity index (χ2n) is 6.31. The fourth-order valence-corrected chi connectivity index (χ4v) is 2.78. The summed E-state index contributed by atoms with van der Waals surface area (Å²) in [5, 5.41) is 0. The summed E-state index contributed by atoms with van der Waals surface area (Å²) in [6, 6.07) is 7.55. The van der Waals surface area contributed by atoms with Gasteiger partial charge in [-0.3, -0.25) is 9.08 Å². The fraction of sp³-hybridized carbons (Fsp3) is 0.533. The molecule has 1 heterocycles. The Hall–Kier alpha value is -1.60. The average molecular weight is 327 g/mol. The summed E-state index contributed by atoms with van der Waals surface area (Å²) >= 11 is 0. The first-order valence-electron chi connectivity index (χ1n) is 7.12. The number of ether oxygens (including phenoxy) is 1. The van der Waals surface area contributed by atoms with Crippen molar-refractivity contribution in [2.75, 3.05) is 18.1 Å². The maximum Gasteiger partial charge on any atom is 0.414 e. The lowest BCUT2D eigenvalue weighted by Gasteiger charge is -2.35. The molecule has 0 fully saturated rings. The SMILES string of the molecule is CC(C)(C)OC(=O)N1C[C@H](CO[SH](=O)=O)Cc2ccccc21. The molecule has 2 rings (SSSR count). The van der Waals surface area contributed by atoms with Crippen LogP contribution in [0.3, 0.4) is 0 Å². The summed E-state index contributed by atoms with van der Waals surface area (Å²) in [5.74, 6) is -0.0877. The number of benzene rings is 1. The minimum Gasteiger partial charge on any atom is -0.443 e. The first kappa shape index (κ1) is 16.8. The molecule has 7 heteroatoms. The number of amides is 1. The largest absolute Gasteiger partial charge is 0.443 e. The summed E-state index contributed by atoms with van der Waals surface area (Å²) in [7, 11) is -2.88. The highest BCUT2D eigenvalue weighted by atomic mass is 32.2. The number of hydrogen-bond acceptors (Lipinski definition) is 5. The lowest BCUT2D eigenvalue weighted by atomic mass is 9.93. The van der Waals surface area contributed by atoms with E-state index in [4.69, 9.17) is 8.92 Å². The molecule has 0 bridgehead atoms. The topological polar surface area (TPSA) is 72.9 Å². The predicted molar refractivity (Wildman–Crippen MR) is 83.5 cm³/mol. The minimum absolute atomic E-state index is 0.0618. The standard InChI is InChI=1S/C15H21NO5S/c1-15(2,3)21-14(17)16-9-11(10-20-22(18)19)8-12-6-4-5-7-13(12)16/h4-7,11,22H,8-10H2,1-3H3/t11-/m1/s1. The van der Waals surface area contributed by atoms with Gasteiger partial charge in [-0.05, 0) is 38.8 Å². The van der Waals surface area contributed by atoms with E-state index < -0.39 is 22.7 Å². The number of fused-ring (bicyclic) bond motifs is 1. The number of anilines is 1. The van der Waals surface area contributed by atoms with Gasteiger partial charge in [-0.2, -0.15) is 0 Å². The Balaban J connectivity index is 2.21. The van der Waals surface area contributed by atoms with Crippen molar-refractivity contribution in [1.29, 1.82) is 0 Å². The maximum absolute atomic E-state index is 12.4. The maximum atomic E-state index is 12.4. The van der Waals surface area contributed by atoms with Crippen molar-refractivity contribution in [1.82, 2.24) is 0 Å². The number of nitrogens with zero attached hydrogens (tertiary/aromatic N) is 1. The number of para-hydroxylation sites is 1. The number of thiol groups is 1. The number of hydrogen-bond donors (Lipinski definition) is 1. The zero-order chi connectivity index (χ0) is 16.3. The second kappa shape index (κ2) is 6.66. The molecule has 0 unspecified atom stereocenters. The van der Waals surface area contributed by atoms with Crippen molar-refractivity contribution >= 4 is 22.8 Å². The molecular weight excluding hydrogens is 306 g/mol. The smallest absolute Gasteiger partial charge is 0.414 e. The van der Waals surface area contributed by atoms with Gasteiger partial charge < -0.3 is 4.74 Å². The molecule has 1 aliphatic heterocycles. The third-order valence-electron chi connectivity index (χ3n) is 3.26. The Bertz CT molecular complexity index is 613. The highest BCUT2D eigenvalue weighted by Gasteiger charge is 2.31. The van der Waals surface area contributed by atoms with Crippen LogP contribution in [0.15, 0.2) is 24.3 Å². The number of carbonyl (C=O) groups excluding carboxylic acids is 1. The molecular formula is C15H21NO5S. The van der Waals surface area contributed by atoms with Crippen LogP contribution in [0.25, 0.3) is 0 Å². The molecule has 1 aromatic carbocycles. The molecule has 0 saturated carbocycles. The van der Waals surface area contributed by atoms with Crippen molar-refractivity contribution in [2.45, 2.75) is 32.8 Å². The van der Waals surface area contributed by atoms with E-state index in [2.05, 4.69) is 0 Å². The van der Waals surface area contributed by atoms with Crippen molar-refractivity contribution in [3.63, 3.8) is 0 Å². The molecule has 0 radical (unpaired) electrons. The summed E-state index contributed by atoms with van der Waals surface area (Å²) in [5.41, 5.74) is 1.20. The third-order valence-corrected chi connectivity index (χ3v) is 3.62. The lowest BCUT2D eigenvalue weighted by Crippen LogP contribution is -2.44. The zero-order valence-corrected chi connectivity index (χ0v) is 13.8. The Kier molecular flexibility index (Phi) is 5.08. The summed E-state index contributed by atoms with van der Waals surface area (Å²) in [4.78, 5) is 14.0. The van der Waals surface area contributed by atoms with Gasteiger partial charge >= 0.3 is 6.09 Å². The molecule has 1 amide bonds. The molecule has 1 aliphatic rings. The molecule has 1 aromatic rings. The molecule has 0 saturated heterocycles. The van der Waals surface area contributed by atoms with E-state index in [0.717, 1.165) is 11.3 Å². The first-order chi connectivity index (χ1) is 10.3. The summed E-state index contributed by atoms with van der Waals surface area (Å²) in [6.45, 7) is 5.86. The molecule has 22 heavy (non-hydrogen) atoms. The van der Waals surface area contributed by atoms with Gasteiger partial charge in [0.25, 0.3) is 11.0 Å². The number of carbonyl (C=O) groups is 1. The highest BCUT2D eigenvalue weighted by molar-refractivity contribution is 7.67. The Labute approximate surface area is 132 Å². The van der Waals surface area contributed by atoms with Crippen LogP contribution in [-0.2, 0) is 26.3 Å². The Morgan fingerprint density at radius 2 is 2.00 bits per heavy atom. The van der Waals surface area contributed by atoms with Gasteiger partial charge in [0.05, 0.1) is 12.3 Å². The molecule has 0 N–H and O–H groups in total. The van der Waals surface area contributed by atoms with E-state index in [1.54, 1.807) is 4.90 Å². The fourth-order valence-electron chi connectivity index (χ4n) is 2.45. The second-order valence-corrected chi connectivity index (χ2v) is 7.01. The average Bonchev–Trinajstić information content (AvgIpc) is 2.42. The van der Waals surface area contributed by atoms with Crippen molar-refractivity contribution in [2.24, 2.45) is 5.92 Å². The quantitative estimate of drug-likeness (QED) is 0.861. The normalized spacial score (nSPS) is 18.2. The van der Waals surface area contributed by atoms with E-state index in [9.17, 15) is 13.2 Å². The van der Waals surface area contributed by atoms with Crippen LogP contribution in [0.2, 0.25) is 0 Å². The molecule has 0 spiro atoms. The molecule has 122 valence electrons. The van der Waals surface area contributed by atoms with Crippen LogP contribution in [0.4, 0.5) is 10.5 Å². The number of rotatable bonds is 3. The summed E-state index contributed by atoms with van der Waals surface area (Å²) in [6.07, 6.45) is 0.231. The van der Waals surface area contributed by atoms with Crippen LogP contribution >= 0.6 is 0 Å². The van der Waals surface area contributed by atoms with Crippen LogP contribution in [0.1, 0.15) is 26.3 Å². The lowest BCUT2D eigenvalue weighted by molar-refractivity contribution is 0.0568. The molecule has 1 atom stereocenters. The van der Waals surface area contributed by atoms with Gasteiger partial charge in [-0.25, -0.2) is 13.2 Å². The first-order valence-corrected chi connectivity index (χ1v) is 8.21. The predicted octanol–water partition coefficient (Wildman–Crippen LogP) is 2.14. The molecule has 0 aromatic heterocycles. The van der Waals surface area contributed by atoms with Crippen LogP contribution in [-0.4, -0.2) is 33.3 Å². The van der Waals surface area contributed by atoms with Crippen LogP contribution < -0.4 is 4.90 Å². The van der Waals surface area contributed by atoms with Gasteiger partial charge in [0, 0.05) is 12.5 Å². The van der Waals surface area contributed by atoms with Crippen LogP contribution in [0.5, 0.6) is 0 Å². The molecule has 6 nitrogen and oxygen atoms in total. The van der Waals surface area contributed by atoms with Crippen molar-refractivity contribution in [3.05, 3.63) is 29.8 Å². The van der Waals surface area contributed by atoms with Crippen molar-refractivity contribution in [3.8, 4) is 0 Å². The van der Waals surface area contributed by atoms with Gasteiger partial charge in [0.15, 0.2) is 0 Å². The molecule has 0 aliphatic carbocycles. The van der Waals surface area contributed by atoms with E-state index in [-0.39, 0.29) is 12.5 Å². The monoisotopic (exact) mass is 327 g/mol.